The molecule has 7 nitrogen and oxygen atoms in total. The fourth-order valence-electron chi connectivity index (χ4n) is 3.32. The summed E-state index contributed by atoms with van der Waals surface area (Å²) >= 11 is 0. The molecular weight excluding hydrogens is 385 g/mol. The van der Waals surface area contributed by atoms with E-state index >= 15 is 0 Å². The minimum Gasteiger partial charge on any atom is -0.330 e. The van der Waals surface area contributed by atoms with Gasteiger partial charge in [0.05, 0.1) is 12.2 Å². The highest BCUT2D eigenvalue weighted by Gasteiger charge is 2.21. The number of hydrogen-bond acceptors (Lipinski definition) is 4. The van der Waals surface area contributed by atoms with E-state index in [9.17, 15) is 14.0 Å². The summed E-state index contributed by atoms with van der Waals surface area (Å²) in [7, 11) is 1.52. The first kappa shape index (κ1) is 21.2. The number of carbonyl (C=O) groups is 2. The van der Waals surface area contributed by atoms with Crippen LogP contribution in [0.3, 0.4) is 0 Å². The lowest BCUT2D eigenvalue weighted by atomic mass is 10.1. The first-order valence-electron chi connectivity index (χ1n) is 9.48. The number of halogens is 1. The van der Waals surface area contributed by atoms with Crippen LogP contribution in [0.2, 0.25) is 0 Å². The molecule has 2 aromatic carbocycles. The Labute approximate surface area is 174 Å². The fraction of sp³-hybridized carbons (Fsp3) is 0.273. The van der Waals surface area contributed by atoms with Crippen LogP contribution in [0.4, 0.5) is 10.1 Å². The van der Waals surface area contributed by atoms with E-state index in [1.54, 1.807) is 19.1 Å². The fourth-order valence-corrected chi connectivity index (χ4v) is 3.32. The number of aryl methyl sites for hydroxylation is 4. The van der Waals surface area contributed by atoms with Crippen LogP contribution in [0.25, 0.3) is 5.69 Å². The van der Waals surface area contributed by atoms with Crippen LogP contribution in [0.15, 0.2) is 36.4 Å². The lowest BCUT2D eigenvalue weighted by molar-refractivity contribution is -0.116. The Kier molecular flexibility index (Phi) is 5.96. The van der Waals surface area contributed by atoms with E-state index in [0.717, 1.165) is 22.4 Å². The van der Waals surface area contributed by atoms with Crippen molar-refractivity contribution in [2.45, 2.75) is 27.7 Å². The summed E-state index contributed by atoms with van der Waals surface area (Å²) in [6.45, 7) is 7.41. The number of rotatable bonds is 5. The number of aromatic nitrogens is 3. The Morgan fingerprint density at radius 1 is 1.07 bits per heavy atom. The second kappa shape index (κ2) is 8.44. The van der Waals surface area contributed by atoms with Crippen molar-refractivity contribution in [3.05, 3.63) is 70.6 Å². The summed E-state index contributed by atoms with van der Waals surface area (Å²) in [5, 5.41) is 7.10. The number of hydrogen-bond donors (Lipinski definition) is 1. The van der Waals surface area contributed by atoms with Crippen LogP contribution >= 0.6 is 0 Å². The number of anilines is 1. The predicted octanol–water partition coefficient (Wildman–Crippen LogP) is 3.35. The molecule has 0 fully saturated rings. The molecule has 1 N–H and O–H groups in total. The Hall–Kier alpha value is -3.55. The summed E-state index contributed by atoms with van der Waals surface area (Å²) in [6.07, 6.45) is 0. The molecule has 1 aromatic heterocycles. The van der Waals surface area contributed by atoms with Crippen molar-refractivity contribution in [3.63, 3.8) is 0 Å². The molecule has 8 heteroatoms. The largest absolute Gasteiger partial charge is 0.330 e. The van der Waals surface area contributed by atoms with Crippen LogP contribution in [0.1, 0.15) is 33.1 Å². The van der Waals surface area contributed by atoms with Gasteiger partial charge in [0.1, 0.15) is 11.6 Å². The molecule has 0 aliphatic rings. The van der Waals surface area contributed by atoms with Crippen LogP contribution in [-0.4, -0.2) is 45.1 Å². The molecular formula is C22H24FN5O2. The molecule has 30 heavy (non-hydrogen) atoms. The Morgan fingerprint density at radius 2 is 1.67 bits per heavy atom. The van der Waals surface area contributed by atoms with Crippen molar-refractivity contribution < 1.29 is 14.0 Å². The van der Waals surface area contributed by atoms with Crippen molar-refractivity contribution in [2.75, 3.05) is 18.9 Å². The summed E-state index contributed by atoms with van der Waals surface area (Å²) in [5.41, 5.74) is 4.39. The molecule has 0 spiro atoms. The maximum Gasteiger partial charge on any atom is 0.293 e. The van der Waals surface area contributed by atoms with Gasteiger partial charge in [-0.15, -0.1) is 5.10 Å². The molecule has 3 aromatic rings. The van der Waals surface area contributed by atoms with Gasteiger partial charge in [-0.1, -0.05) is 17.7 Å². The number of benzene rings is 2. The van der Waals surface area contributed by atoms with E-state index in [2.05, 4.69) is 15.4 Å². The minimum absolute atomic E-state index is 0.0326. The summed E-state index contributed by atoms with van der Waals surface area (Å²) in [6, 6.07) is 9.70. The van der Waals surface area contributed by atoms with Gasteiger partial charge < -0.3 is 10.2 Å². The molecule has 0 saturated heterocycles. The van der Waals surface area contributed by atoms with Gasteiger partial charge in [0.2, 0.25) is 11.7 Å². The monoisotopic (exact) mass is 409 g/mol. The molecule has 0 bridgehead atoms. The van der Waals surface area contributed by atoms with Crippen molar-refractivity contribution in [3.8, 4) is 5.69 Å². The van der Waals surface area contributed by atoms with Gasteiger partial charge in [0.25, 0.3) is 5.91 Å². The van der Waals surface area contributed by atoms with Gasteiger partial charge >= 0.3 is 0 Å². The van der Waals surface area contributed by atoms with Gasteiger partial charge in [-0.05, 0) is 63.1 Å². The van der Waals surface area contributed by atoms with Crippen molar-refractivity contribution in [1.29, 1.82) is 0 Å². The van der Waals surface area contributed by atoms with Crippen LogP contribution in [0, 0.1) is 33.5 Å². The molecule has 3 rings (SSSR count). The standard InChI is InChI=1S/C22H24FN5O2/c1-13-10-14(2)20(15(3)11-13)25-19(29)12-27(5)22(30)21-24-16(4)28(26-21)18-8-6-17(23)7-9-18/h6-11H,12H2,1-5H3,(H,25,29). The lowest BCUT2D eigenvalue weighted by Crippen LogP contribution is -2.35. The topological polar surface area (TPSA) is 80.1 Å². The van der Waals surface area contributed by atoms with Gasteiger partial charge in [0.15, 0.2) is 0 Å². The molecule has 156 valence electrons. The first-order chi connectivity index (χ1) is 14.2. The van der Waals surface area contributed by atoms with Crippen LogP contribution in [0.5, 0.6) is 0 Å². The van der Waals surface area contributed by atoms with E-state index in [-0.39, 0.29) is 24.1 Å². The SMILES string of the molecule is Cc1cc(C)c(NC(=O)CN(C)C(=O)c2nc(C)n(-c3ccc(F)cc3)n2)c(C)c1. The van der Waals surface area contributed by atoms with Gasteiger partial charge in [-0.3, -0.25) is 9.59 Å². The van der Waals surface area contributed by atoms with Crippen molar-refractivity contribution >= 4 is 17.5 Å². The van der Waals surface area contributed by atoms with Crippen molar-refractivity contribution in [1.82, 2.24) is 19.7 Å². The van der Waals surface area contributed by atoms with Gasteiger partial charge in [0, 0.05) is 12.7 Å². The zero-order chi connectivity index (χ0) is 22.0. The van der Waals surface area contributed by atoms with Crippen LogP contribution in [-0.2, 0) is 4.79 Å². The third kappa shape index (κ3) is 4.53. The molecule has 0 saturated carbocycles. The molecule has 0 atom stereocenters. The summed E-state index contributed by atoms with van der Waals surface area (Å²) in [5.74, 6) is -0.705. The van der Waals surface area contributed by atoms with Gasteiger partial charge in [-0.2, -0.15) is 0 Å². The highest BCUT2D eigenvalue weighted by Crippen LogP contribution is 2.21. The molecule has 0 aliphatic heterocycles. The van der Waals surface area contributed by atoms with Gasteiger partial charge in [-0.25, -0.2) is 14.1 Å². The number of nitrogens with zero attached hydrogens (tertiary/aromatic N) is 4. The smallest absolute Gasteiger partial charge is 0.293 e. The second-order valence-electron chi connectivity index (χ2n) is 7.35. The van der Waals surface area contributed by atoms with Crippen LogP contribution < -0.4 is 5.32 Å². The van der Waals surface area contributed by atoms with E-state index in [1.807, 2.05) is 32.9 Å². The van der Waals surface area contributed by atoms with E-state index in [1.165, 1.54) is 28.8 Å². The molecule has 0 unspecified atom stereocenters. The molecule has 2 amide bonds. The average molecular weight is 409 g/mol. The number of amides is 2. The maximum atomic E-state index is 13.1. The zero-order valence-corrected chi connectivity index (χ0v) is 17.7. The number of carbonyl (C=O) groups excluding carboxylic acids is 2. The zero-order valence-electron chi connectivity index (χ0n) is 17.7. The first-order valence-corrected chi connectivity index (χ1v) is 9.48. The minimum atomic E-state index is -0.480. The van der Waals surface area contributed by atoms with E-state index < -0.39 is 5.91 Å². The molecule has 1 heterocycles. The molecule has 0 aliphatic carbocycles. The lowest BCUT2D eigenvalue weighted by Gasteiger charge is -2.17. The normalized spacial score (nSPS) is 10.7. The Balaban J connectivity index is 1.71. The highest BCUT2D eigenvalue weighted by atomic mass is 19.1. The highest BCUT2D eigenvalue weighted by molar-refractivity contribution is 5.98. The van der Waals surface area contributed by atoms with E-state index in [4.69, 9.17) is 0 Å². The molecule has 0 radical (unpaired) electrons. The average Bonchev–Trinajstić information content (AvgIpc) is 3.06. The van der Waals surface area contributed by atoms with Crippen molar-refractivity contribution in [2.24, 2.45) is 0 Å². The summed E-state index contributed by atoms with van der Waals surface area (Å²) < 4.78 is 14.6. The second-order valence-corrected chi connectivity index (χ2v) is 7.35. The van der Waals surface area contributed by atoms with E-state index in [0.29, 0.717) is 11.5 Å². The third-order valence-corrected chi connectivity index (χ3v) is 4.70. The number of likely N-dealkylation sites (N-methyl/N-ethyl adjacent to an activating group) is 1. The quantitative estimate of drug-likeness (QED) is 0.701. The Bertz CT molecular complexity index is 1080. The predicted molar refractivity (Wildman–Crippen MR) is 112 cm³/mol. The third-order valence-electron chi connectivity index (χ3n) is 4.70. The number of nitrogens with one attached hydrogen (secondary N) is 1. The maximum absolute atomic E-state index is 13.1. The Morgan fingerprint density at radius 3 is 2.27 bits per heavy atom. The summed E-state index contributed by atoms with van der Waals surface area (Å²) in [4.78, 5) is 30.7.